The predicted molar refractivity (Wildman–Crippen MR) is 57.4 cm³/mol. The van der Waals surface area contributed by atoms with E-state index in [1.165, 1.54) is 16.1 Å². The third kappa shape index (κ3) is 1.61. The van der Waals surface area contributed by atoms with Gasteiger partial charge >= 0.3 is 0 Å². The van der Waals surface area contributed by atoms with Crippen LogP contribution in [0.25, 0.3) is 10.6 Å². The fourth-order valence-corrected chi connectivity index (χ4v) is 1.89. The molecule has 0 bridgehead atoms. The molecule has 0 amide bonds. The van der Waals surface area contributed by atoms with E-state index in [2.05, 4.69) is 20.7 Å². The first-order valence-electron chi connectivity index (χ1n) is 4.27. The Bertz CT molecular complexity index is 518. The molecule has 0 aliphatic carbocycles. The summed E-state index contributed by atoms with van der Waals surface area (Å²) in [6.07, 6.45) is 1.62. The van der Waals surface area contributed by atoms with Crippen molar-refractivity contribution in [2.24, 2.45) is 0 Å². The Morgan fingerprint density at radius 1 is 1.53 bits per heavy atom. The molecular formula is C8H9N5OS. The van der Waals surface area contributed by atoms with E-state index < -0.39 is 0 Å². The van der Waals surface area contributed by atoms with Crippen molar-refractivity contribution in [3.63, 3.8) is 0 Å². The van der Waals surface area contributed by atoms with Crippen LogP contribution in [0.5, 0.6) is 0 Å². The van der Waals surface area contributed by atoms with Gasteiger partial charge < -0.3 is 5.43 Å². The summed E-state index contributed by atoms with van der Waals surface area (Å²) >= 11 is 1.33. The summed E-state index contributed by atoms with van der Waals surface area (Å²) in [6, 6.07) is 0. The molecule has 1 N–H and O–H groups in total. The minimum absolute atomic E-state index is 0.214. The van der Waals surface area contributed by atoms with Crippen molar-refractivity contribution in [1.82, 2.24) is 20.1 Å². The van der Waals surface area contributed by atoms with E-state index >= 15 is 0 Å². The molecular weight excluding hydrogens is 214 g/mol. The minimum Gasteiger partial charge on any atom is -0.309 e. The fraction of sp³-hybridized carbons (Fsp3) is 0.250. The molecule has 2 aromatic rings. The molecule has 0 spiro atoms. The van der Waals surface area contributed by atoms with Gasteiger partial charge in [-0.2, -0.15) is 5.10 Å². The molecule has 0 saturated heterocycles. The summed E-state index contributed by atoms with van der Waals surface area (Å²) in [5, 5.41) is 12.1. The van der Waals surface area contributed by atoms with Crippen molar-refractivity contribution >= 4 is 11.3 Å². The van der Waals surface area contributed by atoms with Crippen molar-refractivity contribution in [3.8, 4) is 10.6 Å². The first-order valence-corrected chi connectivity index (χ1v) is 5.15. The highest BCUT2D eigenvalue weighted by Gasteiger charge is 2.12. The summed E-state index contributed by atoms with van der Waals surface area (Å²) in [5.41, 5.74) is 5.39. The van der Waals surface area contributed by atoms with Crippen LogP contribution < -0.4 is 11.0 Å². The molecule has 15 heavy (non-hydrogen) atoms. The highest BCUT2D eigenvalue weighted by Crippen LogP contribution is 2.19. The zero-order valence-corrected chi connectivity index (χ0v) is 9.08. The topological polar surface area (TPSA) is 72.7 Å². The maximum atomic E-state index is 11.9. The highest BCUT2D eigenvalue weighted by molar-refractivity contribution is 7.12. The van der Waals surface area contributed by atoms with Crippen LogP contribution in [0.4, 0.5) is 0 Å². The van der Waals surface area contributed by atoms with Crippen molar-refractivity contribution in [3.05, 3.63) is 27.6 Å². The number of aromatic nitrogens is 4. The summed E-state index contributed by atoms with van der Waals surface area (Å²) in [7, 11) is 1.63. The van der Waals surface area contributed by atoms with Gasteiger partial charge in [-0.1, -0.05) is 11.3 Å². The Hall–Kier alpha value is -1.76. The zero-order chi connectivity index (χ0) is 10.8. The smallest absolute Gasteiger partial charge is 0.296 e. The van der Waals surface area contributed by atoms with Crippen molar-refractivity contribution in [1.29, 1.82) is 0 Å². The first-order chi connectivity index (χ1) is 7.24. The Kier molecular flexibility index (Phi) is 2.46. The Balaban J connectivity index is 2.70. The molecule has 0 fully saturated rings. The van der Waals surface area contributed by atoms with Gasteiger partial charge in [0.1, 0.15) is 5.51 Å². The van der Waals surface area contributed by atoms with E-state index in [-0.39, 0.29) is 5.56 Å². The lowest BCUT2D eigenvalue weighted by atomic mass is 10.2. The molecule has 0 unspecified atom stereocenters. The fourth-order valence-electron chi connectivity index (χ4n) is 1.24. The molecule has 0 radical (unpaired) electrons. The summed E-state index contributed by atoms with van der Waals surface area (Å²) in [5.74, 6) is 0. The van der Waals surface area contributed by atoms with Crippen LogP contribution in [-0.2, 0) is 0 Å². The molecule has 6 nitrogen and oxygen atoms in total. The molecule has 0 aliphatic rings. The third-order valence-corrected chi connectivity index (χ3v) is 2.66. The second-order valence-electron chi connectivity index (χ2n) is 2.89. The summed E-state index contributed by atoms with van der Waals surface area (Å²) in [6.45, 7) is 1.82. The number of hydrogen-bond acceptors (Lipinski definition) is 6. The monoisotopic (exact) mass is 223 g/mol. The van der Waals surface area contributed by atoms with Gasteiger partial charge in [0.25, 0.3) is 5.56 Å². The van der Waals surface area contributed by atoms with Gasteiger partial charge in [0.05, 0.1) is 11.8 Å². The highest BCUT2D eigenvalue weighted by atomic mass is 32.1. The van der Waals surface area contributed by atoms with Crippen LogP contribution in [0, 0.1) is 6.92 Å². The van der Waals surface area contributed by atoms with Gasteiger partial charge in [-0.15, -0.1) is 15.0 Å². The molecule has 78 valence electrons. The van der Waals surface area contributed by atoms with Gasteiger partial charge in [-0.3, -0.25) is 4.79 Å². The molecule has 7 heteroatoms. The number of rotatable bonds is 2. The Labute approximate surface area is 89.6 Å². The van der Waals surface area contributed by atoms with E-state index in [0.717, 1.165) is 5.56 Å². The molecule has 0 aliphatic heterocycles. The Morgan fingerprint density at radius 3 is 2.93 bits per heavy atom. The number of aryl methyl sites for hydroxylation is 1. The SMILES string of the molecule is CNn1ncc(C)c(-c2nncs2)c1=O. The maximum absolute atomic E-state index is 11.9. The predicted octanol–water partition coefficient (Wildman–Crippen LogP) is 0.244. The van der Waals surface area contributed by atoms with Gasteiger partial charge in [-0.25, -0.2) is 0 Å². The molecule has 2 aromatic heterocycles. The minimum atomic E-state index is -0.214. The number of hydrogen-bond donors (Lipinski definition) is 1. The van der Waals surface area contributed by atoms with Crippen LogP contribution in [0.1, 0.15) is 5.56 Å². The molecule has 0 atom stereocenters. The molecule has 2 rings (SSSR count). The molecule has 2 heterocycles. The lowest BCUT2D eigenvalue weighted by Crippen LogP contribution is -2.30. The van der Waals surface area contributed by atoms with Gasteiger partial charge in [-0.05, 0) is 12.5 Å². The average molecular weight is 223 g/mol. The normalized spacial score (nSPS) is 10.3. The lowest BCUT2D eigenvalue weighted by molar-refractivity contribution is 0.720. The largest absolute Gasteiger partial charge is 0.309 e. The van der Waals surface area contributed by atoms with E-state index in [0.29, 0.717) is 10.6 Å². The van der Waals surface area contributed by atoms with Crippen LogP contribution in [0.3, 0.4) is 0 Å². The average Bonchev–Trinajstić information content (AvgIpc) is 2.71. The van der Waals surface area contributed by atoms with E-state index in [1.807, 2.05) is 6.92 Å². The number of nitrogens with one attached hydrogen (secondary N) is 1. The standard InChI is InChI=1S/C8H9N5OS/c1-5-3-11-13(9-2)8(14)6(5)7-12-10-4-15-7/h3-4,9H,1-2H3. The van der Waals surface area contributed by atoms with E-state index in [1.54, 1.807) is 18.8 Å². The second kappa shape index (κ2) is 3.77. The van der Waals surface area contributed by atoms with Crippen LogP contribution >= 0.6 is 11.3 Å². The van der Waals surface area contributed by atoms with Crippen LogP contribution in [0.2, 0.25) is 0 Å². The second-order valence-corrected chi connectivity index (χ2v) is 3.72. The lowest BCUT2D eigenvalue weighted by Gasteiger charge is -2.05. The maximum Gasteiger partial charge on any atom is 0.296 e. The van der Waals surface area contributed by atoms with E-state index in [4.69, 9.17) is 0 Å². The number of nitrogens with zero attached hydrogens (tertiary/aromatic N) is 4. The summed E-state index contributed by atoms with van der Waals surface area (Å²) < 4.78 is 0. The van der Waals surface area contributed by atoms with Gasteiger partial charge in [0, 0.05) is 7.05 Å². The van der Waals surface area contributed by atoms with Crippen molar-refractivity contribution < 1.29 is 0 Å². The van der Waals surface area contributed by atoms with Crippen LogP contribution in [0.15, 0.2) is 16.5 Å². The zero-order valence-electron chi connectivity index (χ0n) is 8.26. The van der Waals surface area contributed by atoms with Crippen LogP contribution in [-0.4, -0.2) is 27.1 Å². The van der Waals surface area contributed by atoms with Crippen molar-refractivity contribution in [2.75, 3.05) is 12.5 Å². The van der Waals surface area contributed by atoms with Crippen molar-refractivity contribution in [2.45, 2.75) is 6.92 Å². The van der Waals surface area contributed by atoms with Gasteiger partial charge in [0.15, 0.2) is 5.01 Å². The quantitative estimate of drug-likeness (QED) is 0.789. The summed E-state index contributed by atoms with van der Waals surface area (Å²) in [4.78, 5) is 13.1. The third-order valence-electron chi connectivity index (χ3n) is 1.95. The molecule has 0 aromatic carbocycles. The first kappa shape index (κ1) is 9.78. The Morgan fingerprint density at radius 2 is 2.33 bits per heavy atom. The van der Waals surface area contributed by atoms with Gasteiger partial charge in [0.2, 0.25) is 0 Å². The molecule has 0 saturated carbocycles. The van der Waals surface area contributed by atoms with E-state index in [9.17, 15) is 4.79 Å².